The first-order valence-electron chi connectivity index (χ1n) is 7.58. The Morgan fingerprint density at radius 3 is 2.57 bits per heavy atom. The van der Waals surface area contributed by atoms with Gasteiger partial charge in [-0.3, -0.25) is 4.79 Å². The zero-order valence-electron chi connectivity index (χ0n) is 12.4. The summed E-state index contributed by atoms with van der Waals surface area (Å²) in [5.41, 5.74) is 5.68. The molecular weight excluding hydrogens is 289 g/mol. The SMILES string of the molecule is C.Cc1ccc(-c2[nH]c3cc(F)cc4c3c2CCCC4=O)cc1. The Bertz CT molecular complexity index is 890. The number of rotatable bonds is 1. The molecule has 2 aromatic carbocycles. The lowest BCUT2D eigenvalue weighted by Gasteiger charge is -2.04. The van der Waals surface area contributed by atoms with Crippen molar-refractivity contribution in [3.63, 3.8) is 0 Å². The molecule has 0 amide bonds. The van der Waals surface area contributed by atoms with Crippen LogP contribution in [0.15, 0.2) is 36.4 Å². The molecule has 23 heavy (non-hydrogen) atoms. The summed E-state index contributed by atoms with van der Waals surface area (Å²) in [6.07, 6.45) is 2.13. The number of hydrogen-bond acceptors (Lipinski definition) is 1. The average Bonchev–Trinajstić information content (AvgIpc) is 2.76. The molecule has 0 saturated carbocycles. The van der Waals surface area contributed by atoms with Crippen LogP contribution in [-0.4, -0.2) is 10.8 Å². The Morgan fingerprint density at radius 1 is 1.09 bits per heavy atom. The first kappa shape index (κ1) is 15.5. The number of hydrogen-bond donors (Lipinski definition) is 1. The highest BCUT2D eigenvalue weighted by Crippen LogP contribution is 2.36. The molecule has 0 radical (unpaired) electrons. The van der Waals surface area contributed by atoms with E-state index in [0.717, 1.165) is 40.6 Å². The minimum Gasteiger partial charge on any atom is -0.354 e. The lowest BCUT2D eigenvalue weighted by Crippen LogP contribution is -1.98. The molecule has 2 nitrogen and oxygen atoms in total. The van der Waals surface area contributed by atoms with Crippen LogP contribution >= 0.6 is 0 Å². The van der Waals surface area contributed by atoms with Gasteiger partial charge < -0.3 is 4.98 Å². The van der Waals surface area contributed by atoms with E-state index in [2.05, 4.69) is 36.2 Å². The van der Waals surface area contributed by atoms with Gasteiger partial charge in [0.25, 0.3) is 0 Å². The van der Waals surface area contributed by atoms with Crippen LogP contribution in [0.2, 0.25) is 0 Å². The number of aryl methyl sites for hydroxylation is 2. The summed E-state index contributed by atoms with van der Waals surface area (Å²) in [6, 6.07) is 11.1. The smallest absolute Gasteiger partial charge is 0.163 e. The lowest BCUT2D eigenvalue weighted by molar-refractivity contribution is 0.0982. The molecule has 0 spiro atoms. The van der Waals surface area contributed by atoms with Crippen LogP contribution in [0.25, 0.3) is 22.2 Å². The van der Waals surface area contributed by atoms with Gasteiger partial charge in [-0.1, -0.05) is 37.3 Å². The first-order chi connectivity index (χ1) is 10.6. The topological polar surface area (TPSA) is 32.9 Å². The number of benzene rings is 2. The third-order valence-electron chi connectivity index (χ3n) is 4.44. The molecule has 1 N–H and O–H groups in total. The fourth-order valence-electron chi connectivity index (χ4n) is 3.36. The number of carbonyl (C=O) groups is 1. The number of H-pyrrole nitrogens is 1. The third kappa shape index (κ3) is 2.46. The van der Waals surface area contributed by atoms with E-state index in [1.54, 1.807) is 0 Å². The molecule has 1 heterocycles. The van der Waals surface area contributed by atoms with Crippen LogP contribution < -0.4 is 0 Å². The zero-order valence-corrected chi connectivity index (χ0v) is 12.4. The molecule has 0 atom stereocenters. The summed E-state index contributed by atoms with van der Waals surface area (Å²) in [4.78, 5) is 15.6. The molecule has 0 unspecified atom stereocenters. The van der Waals surface area contributed by atoms with Gasteiger partial charge in [0.15, 0.2) is 5.78 Å². The second kappa shape index (κ2) is 5.65. The minimum atomic E-state index is -0.360. The van der Waals surface area contributed by atoms with Crippen LogP contribution in [0.5, 0.6) is 0 Å². The van der Waals surface area contributed by atoms with Crippen molar-refractivity contribution in [1.82, 2.24) is 4.98 Å². The molecule has 4 rings (SSSR count). The highest BCUT2D eigenvalue weighted by molar-refractivity contribution is 6.11. The maximum absolute atomic E-state index is 13.8. The molecule has 0 aliphatic heterocycles. The second-order valence-corrected chi connectivity index (χ2v) is 6.00. The molecule has 0 saturated heterocycles. The number of Topliss-reactive ketones (excluding diaryl/α,β-unsaturated/α-hetero) is 1. The largest absolute Gasteiger partial charge is 0.354 e. The molecule has 0 bridgehead atoms. The Balaban J connectivity index is 0.00000156. The summed E-state index contributed by atoms with van der Waals surface area (Å²) in [5, 5.41) is 0.902. The molecule has 0 fully saturated rings. The van der Waals surface area contributed by atoms with Crippen LogP contribution in [0.1, 0.15) is 41.8 Å². The van der Waals surface area contributed by atoms with Gasteiger partial charge in [0, 0.05) is 28.6 Å². The maximum Gasteiger partial charge on any atom is 0.163 e. The van der Waals surface area contributed by atoms with E-state index >= 15 is 0 Å². The van der Waals surface area contributed by atoms with E-state index in [9.17, 15) is 9.18 Å². The van der Waals surface area contributed by atoms with Crippen molar-refractivity contribution in [3.05, 3.63) is 58.9 Å². The number of carbonyl (C=O) groups excluding carboxylic acids is 1. The monoisotopic (exact) mass is 309 g/mol. The summed E-state index contributed by atoms with van der Waals surface area (Å²) < 4.78 is 13.8. The highest BCUT2D eigenvalue weighted by Gasteiger charge is 2.23. The van der Waals surface area contributed by atoms with Gasteiger partial charge in [0.1, 0.15) is 5.82 Å². The summed E-state index contributed by atoms with van der Waals surface area (Å²) in [7, 11) is 0. The highest BCUT2D eigenvalue weighted by atomic mass is 19.1. The van der Waals surface area contributed by atoms with Crippen molar-refractivity contribution in [3.8, 4) is 11.3 Å². The van der Waals surface area contributed by atoms with Crippen molar-refractivity contribution in [2.45, 2.75) is 33.6 Å². The molecule has 1 aromatic heterocycles. The predicted molar refractivity (Wildman–Crippen MR) is 92.4 cm³/mol. The van der Waals surface area contributed by atoms with Gasteiger partial charge in [-0.25, -0.2) is 4.39 Å². The number of aromatic amines is 1. The summed E-state index contributed by atoms with van der Waals surface area (Å²) >= 11 is 0. The molecule has 3 aromatic rings. The zero-order chi connectivity index (χ0) is 15.3. The van der Waals surface area contributed by atoms with Gasteiger partial charge in [0.05, 0.1) is 0 Å². The molecule has 1 aliphatic rings. The van der Waals surface area contributed by atoms with Crippen LogP contribution in [0.4, 0.5) is 4.39 Å². The number of halogens is 1. The van der Waals surface area contributed by atoms with E-state index in [0.29, 0.717) is 12.0 Å². The second-order valence-electron chi connectivity index (χ2n) is 6.00. The average molecular weight is 309 g/mol. The third-order valence-corrected chi connectivity index (χ3v) is 4.44. The van der Waals surface area contributed by atoms with Crippen molar-refractivity contribution < 1.29 is 9.18 Å². The summed E-state index contributed by atoms with van der Waals surface area (Å²) in [5.74, 6) is -0.321. The minimum absolute atomic E-state index is 0. The van der Waals surface area contributed by atoms with E-state index in [-0.39, 0.29) is 19.0 Å². The van der Waals surface area contributed by atoms with E-state index in [1.165, 1.54) is 17.7 Å². The van der Waals surface area contributed by atoms with Gasteiger partial charge in [-0.05, 0) is 43.0 Å². The van der Waals surface area contributed by atoms with Gasteiger partial charge in [-0.2, -0.15) is 0 Å². The van der Waals surface area contributed by atoms with Gasteiger partial charge >= 0.3 is 0 Å². The van der Waals surface area contributed by atoms with Crippen molar-refractivity contribution in [2.75, 3.05) is 0 Å². The van der Waals surface area contributed by atoms with Gasteiger partial charge in [-0.15, -0.1) is 0 Å². The van der Waals surface area contributed by atoms with E-state index in [4.69, 9.17) is 0 Å². The van der Waals surface area contributed by atoms with Crippen LogP contribution in [0.3, 0.4) is 0 Å². The van der Waals surface area contributed by atoms with Crippen LogP contribution in [-0.2, 0) is 6.42 Å². The van der Waals surface area contributed by atoms with Crippen molar-refractivity contribution in [1.29, 1.82) is 0 Å². The predicted octanol–water partition coefficient (Wildman–Crippen LogP) is 5.44. The van der Waals surface area contributed by atoms with Crippen molar-refractivity contribution in [2.24, 2.45) is 0 Å². The van der Waals surface area contributed by atoms with E-state index < -0.39 is 0 Å². The fraction of sp³-hybridized carbons (Fsp3) is 0.250. The maximum atomic E-state index is 13.8. The molecule has 118 valence electrons. The Kier molecular flexibility index (Phi) is 3.80. The number of ketones is 1. The quantitative estimate of drug-likeness (QED) is 0.638. The molecule has 1 aliphatic carbocycles. The van der Waals surface area contributed by atoms with Crippen LogP contribution in [0, 0.1) is 12.7 Å². The first-order valence-corrected chi connectivity index (χ1v) is 7.58. The Morgan fingerprint density at radius 2 is 1.83 bits per heavy atom. The number of aromatic nitrogens is 1. The fourth-order valence-corrected chi connectivity index (χ4v) is 3.36. The summed E-state index contributed by atoms with van der Waals surface area (Å²) in [6.45, 7) is 2.05. The molecular formula is C20H20FNO. The molecule has 3 heteroatoms. The lowest BCUT2D eigenvalue weighted by atomic mass is 10.00. The van der Waals surface area contributed by atoms with Crippen molar-refractivity contribution >= 4 is 16.7 Å². The number of nitrogens with one attached hydrogen (secondary N) is 1. The normalized spacial score (nSPS) is 13.7. The van der Waals surface area contributed by atoms with Gasteiger partial charge in [0.2, 0.25) is 0 Å². The van der Waals surface area contributed by atoms with E-state index in [1.807, 2.05) is 0 Å². The standard InChI is InChI=1S/C19H16FNO.CH4/c1-11-5-7-12(8-6-11)19-14-3-2-4-17(22)15-9-13(20)10-16(21-19)18(14)15;/h5-10,21H,2-4H2,1H3;1H4. The Hall–Kier alpha value is -2.42. The Labute approximate surface area is 135 Å².